The molecule has 0 saturated heterocycles. The maximum Gasteiger partial charge on any atom is 0.141 e. The summed E-state index contributed by atoms with van der Waals surface area (Å²) in [6.45, 7) is 1.92. The Kier molecular flexibility index (Phi) is 3.26. The van der Waals surface area contributed by atoms with Crippen LogP contribution in [0.2, 0.25) is 0 Å². The highest BCUT2D eigenvalue weighted by Gasteiger charge is 2.43. The minimum atomic E-state index is -1.09. The van der Waals surface area contributed by atoms with Gasteiger partial charge in [0, 0.05) is 17.8 Å². The molecule has 0 radical (unpaired) electrons. The lowest BCUT2D eigenvalue weighted by Crippen LogP contribution is -2.33. The van der Waals surface area contributed by atoms with E-state index in [1.54, 1.807) is 12.3 Å². The summed E-state index contributed by atoms with van der Waals surface area (Å²) in [4.78, 5) is 8.52. The highest BCUT2D eigenvalue weighted by molar-refractivity contribution is 5.33. The first-order chi connectivity index (χ1) is 9.65. The number of fused-ring (bicyclic) bond motifs is 1. The molecule has 2 unspecified atom stereocenters. The van der Waals surface area contributed by atoms with E-state index < -0.39 is 11.4 Å². The molecule has 4 heteroatoms. The van der Waals surface area contributed by atoms with Gasteiger partial charge >= 0.3 is 0 Å². The SMILES string of the molecule is CCC(O)(c1ccc(F)cn1)C1CCc2cccnc21. The molecule has 0 amide bonds. The zero-order valence-corrected chi connectivity index (χ0v) is 11.4. The average Bonchev–Trinajstić information content (AvgIpc) is 2.91. The number of aromatic nitrogens is 2. The van der Waals surface area contributed by atoms with Crippen molar-refractivity contribution in [3.05, 3.63) is 59.4 Å². The number of nitrogens with zero attached hydrogens (tertiary/aromatic N) is 2. The van der Waals surface area contributed by atoms with E-state index in [1.807, 2.05) is 13.0 Å². The molecule has 1 N–H and O–H groups in total. The zero-order chi connectivity index (χ0) is 14.2. The fourth-order valence-corrected chi connectivity index (χ4v) is 3.12. The molecule has 1 aliphatic rings. The van der Waals surface area contributed by atoms with Crippen LogP contribution in [-0.2, 0) is 12.0 Å². The quantitative estimate of drug-likeness (QED) is 0.934. The Morgan fingerprint density at radius 2 is 2.20 bits per heavy atom. The topological polar surface area (TPSA) is 46.0 Å². The Morgan fingerprint density at radius 1 is 1.35 bits per heavy atom. The predicted molar refractivity (Wildman–Crippen MR) is 73.7 cm³/mol. The van der Waals surface area contributed by atoms with E-state index in [4.69, 9.17) is 0 Å². The molecule has 2 heterocycles. The Hall–Kier alpha value is -1.81. The van der Waals surface area contributed by atoms with Crippen molar-refractivity contribution >= 4 is 0 Å². The third-order valence-electron chi connectivity index (χ3n) is 4.24. The summed E-state index contributed by atoms with van der Waals surface area (Å²) in [5.41, 5.74) is 1.56. The number of aliphatic hydroxyl groups is 1. The molecule has 3 rings (SSSR count). The monoisotopic (exact) mass is 272 g/mol. The molecule has 0 aromatic carbocycles. The molecule has 0 aliphatic heterocycles. The van der Waals surface area contributed by atoms with Crippen LogP contribution in [0.15, 0.2) is 36.7 Å². The van der Waals surface area contributed by atoms with E-state index in [0.717, 1.165) is 24.7 Å². The lowest BCUT2D eigenvalue weighted by Gasteiger charge is -2.32. The van der Waals surface area contributed by atoms with Crippen molar-refractivity contribution in [1.29, 1.82) is 0 Å². The van der Waals surface area contributed by atoms with E-state index in [0.29, 0.717) is 12.1 Å². The maximum atomic E-state index is 13.0. The highest BCUT2D eigenvalue weighted by atomic mass is 19.1. The van der Waals surface area contributed by atoms with Gasteiger partial charge in [-0.05, 0) is 43.0 Å². The van der Waals surface area contributed by atoms with Crippen LogP contribution in [0.3, 0.4) is 0 Å². The minimum Gasteiger partial charge on any atom is -0.383 e. The normalized spacial score (nSPS) is 20.4. The first-order valence-corrected chi connectivity index (χ1v) is 6.93. The molecule has 1 aliphatic carbocycles. The first-order valence-electron chi connectivity index (χ1n) is 6.93. The standard InChI is InChI=1S/C16H17FN2O/c1-2-16(20,14-8-6-12(17)10-19-14)13-7-5-11-4-3-9-18-15(11)13/h3-4,6,8-10,13,20H,2,5,7H2,1H3. The van der Waals surface area contributed by atoms with Gasteiger partial charge in [-0.3, -0.25) is 9.97 Å². The molecule has 0 spiro atoms. The van der Waals surface area contributed by atoms with Gasteiger partial charge in [-0.15, -0.1) is 0 Å². The second-order valence-corrected chi connectivity index (χ2v) is 5.28. The van der Waals surface area contributed by atoms with Crippen molar-refractivity contribution < 1.29 is 9.50 Å². The van der Waals surface area contributed by atoms with Crippen molar-refractivity contribution in [2.45, 2.75) is 37.7 Å². The van der Waals surface area contributed by atoms with Crippen LogP contribution in [0.25, 0.3) is 0 Å². The molecule has 2 atom stereocenters. The minimum absolute atomic E-state index is 0.0818. The van der Waals surface area contributed by atoms with Crippen LogP contribution in [0, 0.1) is 5.82 Å². The van der Waals surface area contributed by atoms with Crippen molar-refractivity contribution in [1.82, 2.24) is 9.97 Å². The van der Waals surface area contributed by atoms with Gasteiger partial charge in [0.15, 0.2) is 0 Å². The van der Waals surface area contributed by atoms with Crippen molar-refractivity contribution in [3.8, 4) is 0 Å². The molecule has 0 saturated carbocycles. The molecule has 0 fully saturated rings. The smallest absolute Gasteiger partial charge is 0.141 e. The van der Waals surface area contributed by atoms with Crippen molar-refractivity contribution in [3.63, 3.8) is 0 Å². The lowest BCUT2D eigenvalue weighted by molar-refractivity contribution is -0.00207. The van der Waals surface area contributed by atoms with Gasteiger partial charge in [-0.1, -0.05) is 13.0 Å². The molecule has 2 aromatic rings. The second kappa shape index (κ2) is 4.94. The fourth-order valence-electron chi connectivity index (χ4n) is 3.12. The summed E-state index contributed by atoms with van der Waals surface area (Å²) >= 11 is 0. The van der Waals surface area contributed by atoms with Gasteiger partial charge in [0.1, 0.15) is 11.4 Å². The van der Waals surface area contributed by atoms with Crippen molar-refractivity contribution in [2.24, 2.45) is 0 Å². The van der Waals surface area contributed by atoms with Gasteiger partial charge in [0.05, 0.1) is 11.9 Å². The van der Waals surface area contributed by atoms with E-state index in [2.05, 4.69) is 16.0 Å². The highest BCUT2D eigenvalue weighted by Crippen LogP contribution is 2.45. The molecule has 104 valence electrons. The lowest BCUT2D eigenvalue weighted by atomic mass is 9.80. The third-order valence-corrected chi connectivity index (χ3v) is 4.24. The van der Waals surface area contributed by atoms with Crippen LogP contribution in [0.5, 0.6) is 0 Å². The van der Waals surface area contributed by atoms with Crippen molar-refractivity contribution in [2.75, 3.05) is 0 Å². The Labute approximate surface area is 117 Å². The summed E-state index contributed by atoms with van der Waals surface area (Å²) in [6, 6.07) is 6.88. The summed E-state index contributed by atoms with van der Waals surface area (Å²) in [7, 11) is 0. The number of pyridine rings is 2. The maximum absolute atomic E-state index is 13.0. The van der Waals surface area contributed by atoms with Gasteiger partial charge in [-0.2, -0.15) is 0 Å². The molecular formula is C16H17FN2O. The van der Waals surface area contributed by atoms with E-state index >= 15 is 0 Å². The van der Waals surface area contributed by atoms with Crippen LogP contribution in [0.1, 0.15) is 42.6 Å². The largest absolute Gasteiger partial charge is 0.383 e. The number of hydrogen-bond donors (Lipinski definition) is 1. The molecule has 0 bridgehead atoms. The van der Waals surface area contributed by atoms with Crippen LogP contribution >= 0.6 is 0 Å². The Morgan fingerprint density at radius 3 is 2.90 bits per heavy atom. The van der Waals surface area contributed by atoms with Gasteiger partial charge < -0.3 is 5.11 Å². The van der Waals surface area contributed by atoms with Gasteiger partial charge in [0.2, 0.25) is 0 Å². The summed E-state index contributed by atoms with van der Waals surface area (Å²) in [5.74, 6) is -0.473. The zero-order valence-electron chi connectivity index (χ0n) is 11.4. The van der Waals surface area contributed by atoms with Gasteiger partial charge in [-0.25, -0.2) is 4.39 Å². The van der Waals surface area contributed by atoms with Crippen LogP contribution in [-0.4, -0.2) is 15.1 Å². The predicted octanol–water partition coefficient (Wildman–Crippen LogP) is 2.94. The molecular weight excluding hydrogens is 255 g/mol. The van der Waals surface area contributed by atoms with Crippen LogP contribution in [0.4, 0.5) is 4.39 Å². The Balaban J connectivity index is 2.04. The van der Waals surface area contributed by atoms with Crippen LogP contribution < -0.4 is 0 Å². The molecule has 3 nitrogen and oxygen atoms in total. The molecule has 2 aromatic heterocycles. The summed E-state index contributed by atoms with van der Waals surface area (Å²) in [6.07, 6.45) is 5.19. The fraction of sp³-hybridized carbons (Fsp3) is 0.375. The summed E-state index contributed by atoms with van der Waals surface area (Å²) in [5, 5.41) is 11.1. The summed E-state index contributed by atoms with van der Waals surface area (Å²) < 4.78 is 13.0. The van der Waals surface area contributed by atoms with Gasteiger partial charge in [0.25, 0.3) is 0 Å². The average molecular weight is 272 g/mol. The number of rotatable bonds is 3. The Bertz CT molecular complexity index is 614. The van der Waals surface area contributed by atoms with E-state index in [-0.39, 0.29) is 5.92 Å². The number of hydrogen-bond acceptors (Lipinski definition) is 3. The van der Waals surface area contributed by atoms with E-state index in [9.17, 15) is 9.50 Å². The number of halogens is 1. The third kappa shape index (κ3) is 2.00. The number of aryl methyl sites for hydroxylation is 1. The second-order valence-electron chi connectivity index (χ2n) is 5.28. The molecule has 20 heavy (non-hydrogen) atoms. The first kappa shape index (κ1) is 13.2. The van der Waals surface area contributed by atoms with E-state index in [1.165, 1.54) is 11.6 Å².